The van der Waals surface area contributed by atoms with Gasteiger partial charge >= 0.3 is 0 Å². The van der Waals surface area contributed by atoms with Crippen LogP contribution in [-0.4, -0.2) is 17.7 Å². The molecule has 0 saturated heterocycles. The van der Waals surface area contributed by atoms with Crippen LogP contribution in [0.25, 0.3) is 0 Å². The summed E-state index contributed by atoms with van der Waals surface area (Å²) < 4.78 is 0. The lowest BCUT2D eigenvalue weighted by Gasteiger charge is -1.99. The summed E-state index contributed by atoms with van der Waals surface area (Å²) in [6.07, 6.45) is 1.63. The van der Waals surface area contributed by atoms with Crippen molar-refractivity contribution in [3.05, 3.63) is 64.7 Å². The van der Waals surface area contributed by atoms with E-state index in [2.05, 4.69) is 0 Å². The highest BCUT2D eigenvalue weighted by molar-refractivity contribution is 5.77. The van der Waals surface area contributed by atoms with E-state index >= 15 is 0 Å². The molecule has 0 bridgehead atoms. The van der Waals surface area contributed by atoms with Gasteiger partial charge in [0.2, 0.25) is 0 Å². The van der Waals surface area contributed by atoms with Crippen LogP contribution in [0.15, 0.2) is 42.5 Å². The number of aromatic hydroxyl groups is 1. The van der Waals surface area contributed by atoms with Crippen molar-refractivity contribution in [1.29, 1.82) is 0 Å². The number of hydrogen-bond acceptors (Lipinski definition) is 3. The second-order valence-corrected chi connectivity index (χ2v) is 4.12. The fourth-order valence-electron chi connectivity index (χ4n) is 1.45. The van der Waals surface area contributed by atoms with Crippen LogP contribution in [0.2, 0.25) is 0 Å². The molecule has 2 rings (SSSR count). The average molecular weight is 256 g/mol. The van der Waals surface area contributed by atoms with Gasteiger partial charge < -0.3 is 5.11 Å². The summed E-state index contributed by atoms with van der Waals surface area (Å²) in [5.74, 6) is 0.181. The van der Waals surface area contributed by atoms with Gasteiger partial charge in [-0.15, -0.1) is 0 Å². The van der Waals surface area contributed by atoms with Crippen molar-refractivity contribution in [1.82, 2.24) is 0 Å². The van der Waals surface area contributed by atoms with Gasteiger partial charge in [0, 0.05) is 11.1 Å². The van der Waals surface area contributed by atoms with Crippen LogP contribution >= 0.6 is 0 Å². The number of carbonyl (C=O) groups excluding carboxylic acids is 2. The number of aldehydes is 2. The van der Waals surface area contributed by atoms with Crippen LogP contribution in [0.3, 0.4) is 0 Å². The van der Waals surface area contributed by atoms with E-state index in [1.165, 1.54) is 17.7 Å². The first-order valence-electron chi connectivity index (χ1n) is 5.84. The molecule has 0 radical (unpaired) electrons. The van der Waals surface area contributed by atoms with Gasteiger partial charge in [-0.25, -0.2) is 0 Å². The topological polar surface area (TPSA) is 54.4 Å². The Hall–Kier alpha value is -2.42. The summed E-state index contributed by atoms with van der Waals surface area (Å²) in [6, 6.07) is 11.8. The third-order valence-corrected chi connectivity index (χ3v) is 2.80. The minimum absolute atomic E-state index is 0.181. The smallest absolute Gasteiger partial charge is 0.150 e. The van der Waals surface area contributed by atoms with Crippen LogP contribution in [-0.2, 0) is 0 Å². The molecule has 19 heavy (non-hydrogen) atoms. The Kier molecular flexibility index (Phi) is 5.48. The van der Waals surface area contributed by atoms with Gasteiger partial charge in [-0.2, -0.15) is 0 Å². The fraction of sp³-hybridized carbons (Fsp3) is 0.125. The molecule has 0 atom stereocenters. The zero-order chi connectivity index (χ0) is 14.3. The summed E-state index contributed by atoms with van der Waals surface area (Å²) in [6.45, 7) is 3.96. The van der Waals surface area contributed by atoms with Gasteiger partial charge in [0.1, 0.15) is 18.3 Å². The van der Waals surface area contributed by atoms with E-state index < -0.39 is 0 Å². The fourth-order valence-corrected chi connectivity index (χ4v) is 1.45. The molecule has 98 valence electrons. The predicted molar refractivity (Wildman–Crippen MR) is 74.8 cm³/mol. The summed E-state index contributed by atoms with van der Waals surface area (Å²) in [5, 5.41) is 8.74. The Morgan fingerprint density at radius 2 is 1.53 bits per heavy atom. The number of carbonyl (C=O) groups is 2. The maximum atomic E-state index is 10.4. The van der Waals surface area contributed by atoms with Crippen molar-refractivity contribution in [2.45, 2.75) is 13.8 Å². The minimum atomic E-state index is 0.181. The number of benzene rings is 2. The molecule has 3 heteroatoms. The third-order valence-electron chi connectivity index (χ3n) is 2.80. The van der Waals surface area contributed by atoms with E-state index in [0.717, 1.165) is 23.7 Å². The molecule has 0 aliphatic heterocycles. The maximum absolute atomic E-state index is 10.4. The Morgan fingerprint density at radius 3 is 2.00 bits per heavy atom. The molecule has 2 aromatic rings. The van der Waals surface area contributed by atoms with E-state index in [-0.39, 0.29) is 5.75 Å². The summed E-state index contributed by atoms with van der Waals surface area (Å²) >= 11 is 0. The Balaban J connectivity index is 0.000000191. The van der Waals surface area contributed by atoms with E-state index in [1.807, 2.05) is 32.0 Å². The first-order valence-corrected chi connectivity index (χ1v) is 5.84. The minimum Gasteiger partial charge on any atom is -0.508 e. The standard InChI is InChI=1S/C9H10O.C7H6O2/c1-7-4-3-5-9(6-10)8(7)2;8-5-6-1-3-7(9)4-2-6/h3-6H,1-2H3;1-5,9H. The Morgan fingerprint density at radius 1 is 0.895 bits per heavy atom. The molecule has 0 saturated carbocycles. The van der Waals surface area contributed by atoms with Crippen molar-refractivity contribution < 1.29 is 14.7 Å². The van der Waals surface area contributed by atoms with Crippen molar-refractivity contribution in [2.24, 2.45) is 0 Å². The molecule has 0 aromatic heterocycles. The molecular formula is C16H16O3. The van der Waals surface area contributed by atoms with E-state index in [1.54, 1.807) is 12.1 Å². The highest BCUT2D eigenvalue weighted by Crippen LogP contribution is 2.09. The lowest BCUT2D eigenvalue weighted by Crippen LogP contribution is -1.87. The van der Waals surface area contributed by atoms with Crippen LogP contribution in [0.5, 0.6) is 5.75 Å². The molecule has 0 amide bonds. The van der Waals surface area contributed by atoms with E-state index in [4.69, 9.17) is 5.11 Å². The first kappa shape index (κ1) is 14.6. The lowest BCUT2D eigenvalue weighted by molar-refractivity contribution is 0.111. The van der Waals surface area contributed by atoms with Crippen LogP contribution in [0.1, 0.15) is 31.8 Å². The number of hydrogen-bond donors (Lipinski definition) is 1. The van der Waals surface area contributed by atoms with Crippen molar-refractivity contribution in [3.8, 4) is 5.75 Å². The quantitative estimate of drug-likeness (QED) is 0.838. The van der Waals surface area contributed by atoms with Crippen molar-refractivity contribution >= 4 is 12.6 Å². The van der Waals surface area contributed by atoms with Crippen LogP contribution < -0.4 is 0 Å². The highest BCUT2D eigenvalue weighted by atomic mass is 16.3. The summed E-state index contributed by atoms with van der Waals surface area (Å²) in [7, 11) is 0. The van der Waals surface area contributed by atoms with Gasteiger partial charge in [-0.1, -0.05) is 18.2 Å². The normalized spacial score (nSPS) is 9.16. The molecule has 0 aliphatic rings. The Bertz CT molecular complexity index is 557. The van der Waals surface area contributed by atoms with E-state index in [9.17, 15) is 9.59 Å². The molecule has 0 spiro atoms. The second kappa shape index (κ2) is 7.11. The maximum Gasteiger partial charge on any atom is 0.150 e. The number of aryl methyl sites for hydroxylation is 1. The predicted octanol–water partition coefficient (Wildman–Crippen LogP) is 3.32. The largest absolute Gasteiger partial charge is 0.508 e. The summed E-state index contributed by atoms with van der Waals surface area (Å²) in [5.41, 5.74) is 3.62. The van der Waals surface area contributed by atoms with Crippen LogP contribution in [0, 0.1) is 13.8 Å². The van der Waals surface area contributed by atoms with Gasteiger partial charge in [0.05, 0.1) is 0 Å². The Labute approximate surface area is 112 Å². The molecular weight excluding hydrogens is 240 g/mol. The average Bonchev–Trinajstić information content (AvgIpc) is 2.43. The molecule has 0 unspecified atom stereocenters. The molecule has 1 N–H and O–H groups in total. The molecule has 0 aliphatic carbocycles. The number of rotatable bonds is 2. The first-order chi connectivity index (χ1) is 9.08. The molecule has 0 fully saturated rings. The summed E-state index contributed by atoms with van der Waals surface area (Å²) in [4.78, 5) is 20.4. The highest BCUT2D eigenvalue weighted by Gasteiger charge is 1.96. The van der Waals surface area contributed by atoms with Gasteiger partial charge in [0.15, 0.2) is 0 Å². The lowest BCUT2D eigenvalue weighted by atomic mass is 10.1. The third kappa shape index (κ3) is 4.39. The van der Waals surface area contributed by atoms with Crippen molar-refractivity contribution in [3.63, 3.8) is 0 Å². The van der Waals surface area contributed by atoms with Crippen molar-refractivity contribution in [2.75, 3.05) is 0 Å². The number of phenolic OH excluding ortho intramolecular Hbond substituents is 1. The van der Waals surface area contributed by atoms with Gasteiger partial charge in [0.25, 0.3) is 0 Å². The molecule has 0 heterocycles. The van der Waals surface area contributed by atoms with Gasteiger partial charge in [-0.3, -0.25) is 9.59 Å². The number of phenols is 1. The van der Waals surface area contributed by atoms with Crippen LogP contribution in [0.4, 0.5) is 0 Å². The monoisotopic (exact) mass is 256 g/mol. The van der Waals surface area contributed by atoms with Gasteiger partial charge in [-0.05, 0) is 49.2 Å². The molecule has 2 aromatic carbocycles. The zero-order valence-electron chi connectivity index (χ0n) is 11.0. The SMILES string of the molecule is Cc1cccc(C=O)c1C.O=Cc1ccc(O)cc1. The second-order valence-electron chi connectivity index (χ2n) is 4.12. The van der Waals surface area contributed by atoms with E-state index in [0.29, 0.717) is 5.56 Å². The molecule has 3 nitrogen and oxygen atoms in total. The zero-order valence-corrected chi connectivity index (χ0v) is 11.0.